The van der Waals surface area contributed by atoms with Crippen molar-refractivity contribution in [1.82, 2.24) is 9.97 Å². The second kappa shape index (κ2) is 5.17. The van der Waals surface area contributed by atoms with E-state index in [2.05, 4.69) is 9.97 Å². The number of nitrogens with zero attached hydrogens (tertiary/aromatic N) is 2. The highest BCUT2D eigenvalue weighted by Gasteiger charge is 2.08. The number of aromatic nitrogens is 2. The maximum Gasteiger partial charge on any atom is 0.150 e. The molecule has 20 heavy (non-hydrogen) atoms. The van der Waals surface area contributed by atoms with E-state index in [9.17, 15) is 0 Å². The van der Waals surface area contributed by atoms with Gasteiger partial charge in [0, 0.05) is 5.56 Å². The predicted octanol–water partition coefficient (Wildman–Crippen LogP) is 3.28. The number of rotatable bonds is 3. The van der Waals surface area contributed by atoms with E-state index in [1.807, 2.05) is 55.5 Å². The number of benzene rings is 2. The maximum atomic E-state index is 6.01. The average Bonchev–Trinajstić information content (AvgIpc) is 2.48. The van der Waals surface area contributed by atoms with Crippen molar-refractivity contribution in [3.8, 4) is 17.0 Å². The molecule has 0 amide bonds. The molecule has 4 heteroatoms. The zero-order chi connectivity index (χ0) is 13.9. The first-order chi connectivity index (χ1) is 9.78. The van der Waals surface area contributed by atoms with Crippen molar-refractivity contribution in [3.05, 3.63) is 48.5 Å². The third-order valence-electron chi connectivity index (χ3n) is 3.04. The zero-order valence-corrected chi connectivity index (χ0v) is 11.2. The Morgan fingerprint density at radius 1 is 0.950 bits per heavy atom. The van der Waals surface area contributed by atoms with E-state index in [1.54, 1.807) is 0 Å². The molecule has 0 aliphatic carbocycles. The highest BCUT2D eigenvalue weighted by atomic mass is 16.5. The minimum atomic E-state index is 0.438. The zero-order valence-electron chi connectivity index (χ0n) is 11.2. The molecule has 3 aromatic rings. The summed E-state index contributed by atoms with van der Waals surface area (Å²) in [6.07, 6.45) is 0. The summed E-state index contributed by atoms with van der Waals surface area (Å²) < 4.78 is 5.43. The fraction of sp³-hybridized carbons (Fsp3) is 0.125. The second-order valence-corrected chi connectivity index (χ2v) is 4.40. The van der Waals surface area contributed by atoms with Gasteiger partial charge in [-0.05, 0) is 43.3 Å². The number of ether oxygens (including phenoxy) is 1. The van der Waals surface area contributed by atoms with Crippen LogP contribution in [0.25, 0.3) is 22.3 Å². The van der Waals surface area contributed by atoms with Crippen molar-refractivity contribution in [2.24, 2.45) is 0 Å². The van der Waals surface area contributed by atoms with Crippen molar-refractivity contribution >= 4 is 16.9 Å². The summed E-state index contributed by atoms with van der Waals surface area (Å²) in [7, 11) is 0. The molecule has 0 radical (unpaired) electrons. The predicted molar refractivity (Wildman–Crippen MR) is 80.6 cm³/mol. The van der Waals surface area contributed by atoms with Gasteiger partial charge in [0.25, 0.3) is 0 Å². The van der Waals surface area contributed by atoms with Gasteiger partial charge in [-0.2, -0.15) is 0 Å². The van der Waals surface area contributed by atoms with Crippen molar-refractivity contribution in [3.63, 3.8) is 0 Å². The van der Waals surface area contributed by atoms with Gasteiger partial charge in [-0.25, -0.2) is 9.97 Å². The van der Waals surface area contributed by atoms with Crippen LogP contribution in [0.1, 0.15) is 6.92 Å². The first kappa shape index (κ1) is 12.4. The SMILES string of the molecule is CCOc1ccc(-c2nc3ccccc3nc2N)cc1. The monoisotopic (exact) mass is 265 g/mol. The van der Waals surface area contributed by atoms with Crippen LogP contribution in [0.5, 0.6) is 5.75 Å². The first-order valence-electron chi connectivity index (χ1n) is 6.53. The molecular formula is C16H15N3O. The number of fused-ring (bicyclic) bond motifs is 1. The highest BCUT2D eigenvalue weighted by molar-refractivity contribution is 5.82. The molecule has 1 aromatic heterocycles. The standard InChI is InChI=1S/C16H15N3O/c1-2-20-12-9-7-11(8-10-12)15-16(17)19-14-6-4-3-5-13(14)18-15/h3-10H,2H2,1H3,(H2,17,19). The third kappa shape index (κ3) is 2.28. The van der Waals surface area contributed by atoms with E-state index >= 15 is 0 Å². The van der Waals surface area contributed by atoms with Gasteiger partial charge in [-0.15, -0.1) is 0 Å². The van der Waals surface area contributed by atoms with Gasteiger partial charge in [0.05, 0.1) is 17.6 Å². The fourth-order valence-electron chi connectivity index (χ4n) is 2.10. The molecule has 2 aromatic carbocycles. The van der Waals surface area contributed by atoms with Gasteiger partial charge >= 0.3 is 0 Å². The van der Waals surface area contributed by atoms with Crippen LogP contribution in [-0.2, 0) is 0 Å². The van der Waals surface area contributed by atoms with Gasteiger partial charge in [0.1, 0.15) is 11.4 Å². The van der Waals surface area contributed by atoms with Crippen LogP contribution in [0.2, 0.25) is 0 Å². The Hall–Kier alpha value is -2.62. The molecule has 2 N–H and O–H groups in total. The Bertz CT molecular complexity index is 738. The summed E-state index contributed by atoms with van der Waals surface area (Å²) in [6.45, 7) is 2.61. The van der Waals surface area contributed by atoms with Crippen molar-refractivity contribution < 1.29 is 4.74 Å². The van der Waals surface area contributed by atoms with Gasteiger partial charge in [-0.3, -0.25) is 0 Å². The van der Waals surface area contributed by atoms with E-state index in [0.717, 1.165) is 22.3 Å². The Labute approximate surface area is 117 Å². The summed E-state index contributed by atoms with van der Waals surface area (Å²) in [5, 5.41) is 0. The molecule has 0 spiro atoms. The normalized spacial score (nSPS) is 10.7. The highest BCUT2D eigenvalue weighted by Crippen LogP contribution is 2.26. The number of hydrogen-bond acceptors (Lipinski definition) is 4. The molecule has 4 nitrogen and oxygen atoms in total. The van der Waals surface area contributed by atoms with E-state index in [4.69, 9.17) is 10.5 Å². The molecule has 3 rings (SSSR count). The van der Waals surface area contributed by atoms with E-state index < -0.39 is 0 Å². The summed E-state index contributed by atoms with van der Waals surface area (Å²) in [6, 6.07) is 15.4. The van der Waals surface area contributed by atoms with Gasteiger partial charge in [0.15, 0.2) is 5.82 Å². The molecule has 0 unspecified atom stereocenters. The second-order valence-electron chi connectivity index (χ2n) is 4.40. The molecule has 0 saturated heterocycles. The first-order valence-corrected chi connectivity index (χ1v) is 6.53. The van der Waals surface area contributed by atoms with Crippen molar-refractivity contribution in [1.29, 1.82) is 0 Å². The van der Waals surface area contributed by atoms with Crippen LogP contribution in [0.4, 0.5) is 5.82 Å². The number of hydrogen-bond donors (Lipinski definition) is 1. The molecule has 0 fully saturated rings. The molecule has 1 heterocycles. The maximum absolute atomic E-state index is 6.01. The van der Waals surface area contributed by atoms with E-state index in [-0.39, 0.29) is 0 Å². The lowest BCUT2D eigenvalue weighted by molar-refractivity contribution is 0.340. The van der Waals surface area contributed by atoms with Crippen LogP contribution in [-0.4, -0.2) is 16.6 Å². The van der Waals surface area contributed by atoms with Crippen LogP contribution in [0.15, 0.2) is 48.5 Å². The van der Waals surface area contributed by atoms with Crippen LogP contribution in [0.3, 0.4) is 0 Å². The van der Waals surface area contributed by atoms with E-state index in [0.29, 0.717) is 18.1 Å². The molecule has 0 saturated carbocycles. The summed E-state index contributed by atoms with van der Waals surface area (Å²) >= 11 is 0. The lowest BCUT2D eigenvalue weighted by Crippen LogP contribution is -1.98. The average molecular weight is 265 g/mol. The summed E-state index contributed by atoms with van der Waals surface area (Å²) in [4.78, 5) is 8.99. The smallest absolute Gasteiger partial charge is 0.150 e. The van der Waals surface area contributed by atoms with Gasteiger partial charge in [-0.1, -0.05) is 12.1 Å². The quantitative estimate of drug-likeness (QED) is 0.789. The number of nitrogen functional groups attached to an aromatic ring is 1. The van der Waals surface area contributed by atoms with Crippen molar-refractivity contribution in [2.75, 3.05) is 12.3 Å². The molecule has 0 aliphatic rings. The minimum Gasteiger partial charge on any atom is -0.494 e. The fourth-order valence-corrected chi connectivity index (χ4v) is 2.10. The Morgan fingerprint density at radius 2 is 1.60 bits per heavy atom. The number of anilines is 1. The number of nitrogens with two attached hydrogens (primary N) is 1. The molecule has 0 aliphatic heterocycles. The summed E-state index contributed by atoms with van der Waals surface area (Å²) in [5.74, 6) is 1.27. The molecule has 0 bridgehead atoms. The minimum absolute atomic E-state index is 0.438. The topological polar surface area (TPSA) is 61.0 Å². The Kier molecular flexibility index (Phi) is 3.21. The summed E-state index contributed by atoms with van der Waals surface area (Å²) in [5.41, 5.74) is 9.29. The lowest BCUT2D eigenvalue weighted by atomic mass is 10.1. The Balaban J connectivity index is 2.06. The number of para-hydroxylation sites is 2. The molecule has 100 valence electrons. The van der Waals surface area contributed by atoms with Crippen molar-refractivity contribution in [2.45, 2.75) is 6.92 Å². The van der Waals surface area contributed by atoms with Gasteiger partial charge < -0.3 is 10.5 Å². The van der Waals surface area contributed by atoms with Gasteiger partial charge in [0.2, 0.25) is 0 Å². The van der Waals surface area contributed by atoms with Crippen LogP contribution < -0.4 is 10.5 Å². The lowest BCUT2D eigenvalue weighted by Gasteiger charge is -2.08. The Morgan fingerprint density at radius 3 is 2.25 bits per heavy atom. The molecular weight excluding hydrogens is 250 g/mol. The van der Waals surface area contributed by atoms with Crippen LogP contribution in [0, 0.1) is 0 Å². The van der Waals surface area contributed by atoms with Crippen LogP contribution >= 0.6 is 0 Å². The molecule has 0 atom stereocenters. The third-order valence-corrected chi connectivity index (χ3v) is 3.04. The largest absolute Gasteiger partial charge is 0.494 e. The van der Waals surface area contributed by atoms with E-state index in [1.165, 1.54) is 0 Å².